The van der Waals surface area contributed by atoms with Crippen LogP contribution in [0.1, 0.15) is 17.4 Å². The van der Waals surface area contributed by atoms with Gasteiger partial charge in [0.15, 0.2) is 6.20 Å². The van der Waals surface area contributed by atoms with Gasteiger partial charge >= 0.3 is 6.18 Å². The minimum atomic E-state index is -4.52. The standard InChI is InChI=1S/C16H15F4N2O/c17-13-9-11(4-5-12(13)14-10-21-6-8-23-14)22-7-2-1-3-15(22)16(18,19)20/h1-5,7,9,14,21H,6,8,10H2/q+1/t14-/m1/s1. The Balaban J connectivity index is 1.98. The van der Waals surface area contributed by atoms with Gasteiger partial charge < -0.3 is 10.1 Å². The molecular formula is C16H15F4N2O+. The van der Waals surface area contributed by atoms with E-state index >= 15 is 0 Å². The van der Waals surface area contributed by atoms with Crippen LogP contribution < -0.4 is 9.88 Å². The Morgan fingerprint density at radius 2 is 2.00 bits per heavy atom. The third-order valence-electron chi connectivity index (χ3n) is 3.69. The number of ether oxygens (including phenoxy) is 1. The second-order valence-corrected chi connectivity index (χ2v) is 5.22. The van der Waals surface area contributed by atoms with E-state index in [2.05, 4.69) is 5.32 Å². The largest absolute Gasteiger partial charge is 0.477 e. The van der Waals surface area contributed by atoms with Gasteiger partial charge in [-0.25, -0.2) is 4.39 Å². The Hall–Kier alpha value is -1.99. The number of benzene rings is 1. The van der Waals surface area contributed by atoms with Crippen LogP contribution in [0.25, 0.3) is 5.69 Å². The molecule has 0 saturated carbocycles. The van der Waals surface area contributed by atoms with Crippen molar-refractivity contribution in [1.82, 2.24) is 5.32 Å². The second kappa shape index (κ2) is 6.25. The zero-order chi connectivity index (χ0) is 16.4. The lowest BCUT2D eigenvalue weighted by Crippen LogP contribution is -2.39. The summed E-state index contributed by atoms with van der Waals surface area (Å²) in [7, 11) is 0. The number of rotatable bonds is 2. The molecule has 2 heterocycles. The zero-order valence-corrected chi connectivity index (χ0v) is 12.1. The summed E-state index contributed by atoms with van der Waals surface area (Å²) in [5.74, 6) is -0.583. The summed E-state index contributed by atoms with van der Waals surface area (Å²) in [6, 6.07) is 7.76. The van der Waals surface area contributed by atoms with Gasteiger partial charge in [-0.2, -0.15) is 17.7 Å². The number of aromatic nitrogens is 1. The van der Waals surface area contributed by atoms with E-state index < -0.39 is 23.8 Å². The van der Waals surface area contributed by atoms with Crippen molar-refractivity contribution in [2.24, 2.45) is 0 Å². The first-order valence-electron chi connectivity index (χ1n) is 7.17. The Morgan fingerprint density at radius 3 is 2.65 bits per heavy atom. The normalized spacial score (nSPS) is 18.9. The van der Waals surface area contributed by atoms with Gasteiger partial charge in [-0.1, -0.05) is 0 Å². The third-order valence-corrected chi connectivity index (χ3v) is 3.69. The van der Waals surface area contributed by atoms with E-state index in [1.54, 1.807) is 0 Å². The van der Waals surface area contributed by atoms with Crippen molar-refractivity contribution in [2.75, 3.05) is 19.7 Å². The quantitative estimate of drug-likeness (QED) is 0.678. The van der Waals surface area contributed by atoms with Crippen LogP contribution in [0.5, 0.6) is 0 Å². The molecule has 2 aromatic rings. The number of alkyl halides is 3. The van der Waals surface area contributed by atoms with Crippen LogP contribution >= 0.6 is 0 Å². The summed E-state index contributed by atoms with van der Waals surface area (Å²) in [5, 5.41) is 3.09. The molecule has 1 aromatic heterocycles. The van der Waals surface area contributed by atoms with Crippen LogP contribution in [0.3, 0.4) is 0 Å². The molecule has 0 bridgehead atoms. The van der Waals surface area contributed by atoms with E-state index in [4.69, 9.17) is 4.74 Å². The molecule has 1 N–H and O–H groups in total. The minimum Gasteiger partial charge on any atom is -0.371 e. The van der Waals surface area contributed by atoms with E-state index in [1.807, 2.05) is 0 Å². The summed E-state index contributed by atoms with van der Waals surface area (Å²) >= 11 is 0. The molecule has 1 saturated heterocycles. The molecule has 0 aliphatic carbocycles. The summed E-state index contributed by atoms with van der Waals surface area (Å²) in [6.45, 7) is 1.64. The van der Waals surface area contributed by atoms with E-state index in [-0.39, 0.29) is 5.69 Å². The maximum atomic E-state index is 14.3. The summed E-state index contributed by atoms with van der Waals surface area (Å²) in [6.07, 6.45) is -3.69. The van der Waals surface area contributed by atoms with E-state index in [0.717, 1.165) is 16.7 Å². The van der Waals surface area contributed by atoms with Crippen molar-refractivity contribution in [1.29, 1.82) is 0 Å². The van der Waals surface area contributed by atoms with Crippen molar-refractivity contribution in [2.45, 2.75) is 12.3 Å². The first-order valence-corrected chi connectivity index (χ1v) is 7.17. The molecule has 0 unspecified atom stereocenters. The number of pyridine rings is 1. The fourth-order valence-electron chi connectivity index (χ4n) is 2.59. The van der Waals surface area contributed by atoms with Gasteiger partial charge in [-0.05, 0) is 12.1 Å². The maximum Gasteiger partial charge on any atom is 0.477 e. The Kier molecular flexibility index (Phi) is 4.32. The molecule has 3 rings (SSSR count). The van der Waals surface area contributed by atoms with Crippen LogP contribution in [0.15, 0.2) is 42.6 Å². The summed E-state index contributed by atoms with van der Waals surface area (Å²) < 4.78 is 59.9. The van der Waals surface area contributed by atoms with Crippen molar-refractivity contribution >= 4 is 0 Å². The molecule has 1 aliphatic rings. The number of nitrogens with zero attached hydrogens (tertiary/aromatic N) is 1. The highest BCUT2D eigenvalue weighted by atomic mass is 19.4. The van der Waals surface area contributed by atoms with Crippen molar-refractivity contribution in [3.63, 3.8) is 0 Å². The maximum absolute atomic E-state index is 14.3. The first-order chi connectivity index (χ1) is 11.0. The average molecular weight is 327 g/mol. The Morgan fingerprint density at radius 1 is 1.17 bits per heavy atom. The van der Waals surface area contributed by atoms with Crippen LogP contribution in [0.2, 0.25) is 0 Å². The highest BCUT2D eigenvalue weighted by Gasteiger charge is 2.41. The molecule has 1 aromatic carbocycles. The molecule has 3 nitrogen and oxygen atoms in total. The molecule has 23 heavy (non-hydrogen) atoms. The lowest BCUT2D eigenvalue weighted by Gasteiger charge is -2.24. The highest BCUT2D eigenvalue weighted by molar-refractivity contribution is 5.31. The lowest BCUT2D eigenvalue weighted by molar-refractivity contribution is -0.620. The minimum absolute atomic E-state index is 0.114. The highest BCUT2D eigenvalue weighted by Crippen LogP contribution is 2.28. The number of nitrogens with one attached hydrogen (secondary N) is 1. The van der Waals surface area contributed by atoms with Crippen molar-refractivity contribution < 1.29 is 26.9 Å². The summed E-state index contributed by atoms with van der Waals surface area (Å²) in [4.78, 5) is 0. The number of hydrogen-bond donors (Lipinski definition) is 1. The number of halogens is 4. The van der Waals surface area contributed by atoms with Gasteiger partial charge in [-0.15, -0.1) is 0 Å². The van der Waals surface area contributed by atoms with Gasteiger partial charge in [0.1, 0.15) is 5.82 Å². The Bertz CT molecular complexity index is 697. The van der Waals surface area contributed by atoms with Gasteiger partial charge in [0, 0.05) is 42.9 Å². The molecule has 0 radical (unpaired) electrons. The van der Waals surface area contributed by atoms with Crippen molar-refractivity contribution in [3.8, 4) is 5.69 Å². The van der Waals surface area contributed by atoms with E-state index in [1.165, 1.54) is 30.5 Å². The SMILES string of the molecule is Fc1cc(-[n+]2ccccc2C(F)(F)F)ccc1[C@H]1CNCCO1. The van der Waals surface area contributed by atoms with Crippen LogP contribution in [-0.4, -0.2) is 19.7 Å². The molecule has 1 atom stereocenters. The monoisotopic (exact) mass is 327 g/mol. The fraction of sp³-hybridized carbons (Fsp3) is 0.312. The first kappa shape index (κ1) is 15.9. The third kappa shape index (κ3) is 3.35. The molecule has 7 heteroatoms. The van der Waals surface area contributed by atoms with Crippen molar-refractivity contribution in [3.05, 3.63) is 59.7 Å². The van der Waals surface area contributed by atoms with Gasteiger partial charge in [-0.3, -0.25) is 0 Å². The molecule has 1 aliphatic heterocycles. The smallest absolute Gasteiger partial charge is 0.371 e. The molecule has 0 amide bonds. The zero-order valence-electron chi connectivity index (χ0n) is 12.1. The molecule has 122 valence electrons. The van der Waals surface area contributed by atoms with Crippen LogP contribution in [0, 0.1) is 5.82 Å². The predicted molar refractivity (Wildman–Crippen MR) is 74.5 cm³/mol. The molecule has 1 fully saturated rings. The Labute approximate surface area is 130 Å². The van der Waals surface area contributed by atoms with Crippen LogP contribution in [-0.2, 0) is 10.9 Å². The molecule has 0 spiro atoms. The summed E-state index contributed by atoms with van der Waals surface area (Å²) in [5.41, 5.74) is -0.406. The molecular weight excluding hydrogens is 312 g/mol. The van der Waals surface area contributed by atoms with Gasteiger partial charge in [0.25, 0.3) is 5.69 Å². The van der Waals surface area contributed by atoms with E-state index in [9.17, 15) is 17.6 Å². The fourth-order valence-corrected chi connectivity index (χ4v) is 2.59. The predicted octanol–water partition coefficient (Wildman–Crippen LogP) is 2.78. The van der Waals surface area contributed by atoms with Gasteiger partial charge in [0.2, 0.25) is 5.69 Å². The number of hydrogen-bond acceptors (Lipinski definition) is 2. The lowest BCUT2D eigenvalue weighted by atomic mass is 10.1. The number of morpholine rings is 1. The van der Waals surface area contributed by atoms with Crippen LogP contribution in [0.4, 0.5) is 17.6 Å². The average Bonchev–Trinajstić information content (AvgIpc) is 2.55. The topological polar surface area (TPSA) is 25.1 Å². The van der Waals surface area contributed by atoms with E-state index in [0.29, 0.717) is 25.3 Å². The van der Waals surface area contributed by atoms with Gasteiger partial charge in [0.05, 0.1) is 12.7 Å². The second-order valence-electron chi connectivity index (χ2n) is 5.22.